The van der Waals surface area contributed by atoms with Crippen molar-refractivity contribution in [2.24, 2.45) is 0 Å². The van der Waals surface area contributed by atoms with Gasteiger partial charge in [-0.05, 0) is 62.3 Å². The van der Waals surface area contributed by atoms with Gasteiger partial charge in [-0.25, -0.2) is 4.39 Å². The number of ether oxygens (including phenoxy) is 1. The van der Waals surface area contributed by atoms with Gasteiger partial charge >= 0.3 is 0 Å². The Morgan fingerprint density at radius 3 is 2.60 bits per heavy atom. The van der Waals surface area contributed by atoms with Crippen LogP contribution in [0.4, 0.5) is 4.39 Å². The zero-order chi connectivity index (χ0) is 23.4. The summed E-state index contributed by atoms with van der Waals surface area (Å²) in [5.74, 6) is -1.20. The molecule has 180 valence electrons. The highest BCUT2D eigenvalue weighted by Gasteiger charge is 2.37. The minimum atomic E-state index is -0.645. The van der Waals surface area contributed by atoms with Gasteiger partial charge in [-0.3, -0.25) is 14.9 Å². The maximum atomic E-state index is 15.1. The van der Waals surface area contributed by atoms with Crippen LogP contribution in [0.3, 0.4) is 0 Å². The predicted molar refractivity (Wildman–Crippen MR) is 133 cm³/mol. The summed E-state index contributed by atoms with van der Waals surface area (Å²) >= 11 is 0. The quantitative estimate of drug-likeness (QED) is 0.409. The van der Waals surface area contributed by atoms with Crippen molar-refractivity contribution in [2.75, 3.05) is 20.2 Å². The van der Waals surface area contributed by atoms with E-state index in [9.17, 15) is 9.59 Å². The lowest BCUT2D eigenvalue weighted by atomic mass is 9.94. The summed E-state index contributed by atoms with van der Waals surface area (Å²) in [5.41, 5.74) is 1.84. The lowest BCUT2D eigenvalue weighted by Crippen LogP contribution is -2.29. The van der Waals surface area contributed by atoms with E-state index >= 15 is 4.39 Å². The van der Waals surface area contributed by atoms with Crippen molar-refractivity contribution in [1.29, 1.82) is 0 Å². The van der Waals surface area contributed by atoms with E-state index in [1.165, 1.54) is 12.3 Å². The molecule has 7 nitrogen and oxygen atoms in total. The Labute approximate surface area is 206 Å². The summed E-state index contributed by atoms with van der Waals surface area (Å²) < 4.78 is 28.3. The number of fused-ring (bicyclic) bond motifs is 2. The largest absolute Gasteiger partial charge is 0.497 e. The average Bonchev–Trinajstić information content (AvgIpc) is 3.54. The Bertz CT molecular complexity index is 1510. The average molecular weight is 496 g/mol. The molecule has 6 rings (SSSR count). The minimum absolute atomic E-state index is 0. The first-order valence-corrected chi connectivity index (χ1v) is 11.2. The van der Waals surface area contributed by atoms with Crippen LogP contribution in [0.2, 0.25) is 0 Å². The van der Waals surface area contributed by atoms with Gasteiger partial charge in [-0.1, -0.05) is 0 Å². The number of hydrogen-bond donors (Lipinski definition) is 2. The van der Waals surface area contributed by atoms with E-state index in [4.69, 9.17) is 9.15 Å². The molecule has 0 unspecified atom stereocenters. The lowest BCUT2D eigenvalue weighted by molar-refractivity contribution is -0.122. The molecule has 9 heteroatoms. The van der Waals surface area contributed by atoms with E-state index in [-0.39, 0.29) is 40.7 Å². The van der Waals surface area contributed by atoms with E-state index in [1.807, 2.05) is 24.4 Å². The number of imide groups is 1. The van der Waals surface area contributed by atoms with Crippen LogP contribution in [0.15, 0.2) is 53.3 Å². The highest BCUT2D eigenvalue weighted by atomic mass is 35.5. The monoisotopic (exact) mass is 495 g/mol. The molecular formula is C26H23ClFN3O4. The fourth-order valence-electron chi connectivity index (χ4n) is 5.14. The fraction of sp³-hybridized carbons (Fsp3) is 0.231. The highest BCUT2D eigenvalue weighted by molar-refractivity contribution is 6.50. The van der Waals surface area contributed by atoms with Crippen LogP contribution in [-0.4, -0.2) is 36.6 Å². The molecule has 35 heavy (non-hydrogen) atoms. The second kappa shape index (κ2) is 8.87. The SMILES string of the molecule is COc1ccc2c(c1)c(C1=C(c3c(F)ccc4ccoc34)C(=O)NC1=O)cn2C1CCNCC1.Cl. The normalized spacial score (nSPS) is 16.7. The van der Waals surface area contributed by atoms with Gasteiger partial charge in [-0.15, -0.1) is 12.4 Å². The molecule has 2 aliphatic heterocycles. The fourth-order valence-corrected chi connectivity index (χ4v) is 5.14. The van der Waals surface area contributed by atoms with Crippen LogP contribution in [0.5, 0.6) is 5.75 Å². The first-order chi connectivity index (χ1) is 16.6. The van der Waals surface area contributed by atoms with Crippen molar-refractivity contribution >= 4 is 57.2 Å². The molecule has 0 radical (unpaired) electrons. The van der Waals surface area contributed by atoms with Crippen molar-refractivity contribution in [1.82, 2.24) is 15.2 Å². The van der Waals surface area contributed by atoms with Gasteiger partial charge in [0, 0.05) is 34.1 Å². The summed E-state index contributed by atoms with van der Waals surface area (Å²) in [6.07, 6.45) is 5.23. The standard InChI is InChI=1S/C26H22FN3O4.ClH/c1-33-16-3-5-20-17(12-16)18(13-30(20)15-6-9-28-10-7-15)21-23(26(32)29-25(21)31)22-19(27)4-2-14-8-11-34-24(14)22;/h2-5,8,11-13,15,28H,6-7,9-10H2,1H3,(H,29,31,32);1H. The Kier molecular flexibility index (Phi) is 5.86. The van der Waals surface area contributed by atoms with Crippen molar-refractivity contribution in [2.45, 2.75) is 18.9 Å². The number of amides is 2. The molecule has 0 saturated carbocycles. The Hall–Kier alpha value is -3.62. The molecule has 0 atom stereocenters. The van der Waals surface area contributed by atoms with Crippen LogP contribution in [0.1, 0.15) is 30.0 Å². The number of methoxy groups -OCH3 is 1. The van der Waals surface area contributed by atoms with E-state index in [0.717, 1.165) is 36.8 Å². The first kappa shape index (κ1) is 23.1. The number of aromatic nitrogens is 1. The number of rotatable bonds is 4. The smallest absolute Gasteiger partial charge is 0.259 e. The van der Waals surface area contributed by atoms with E-state index in [2.05, 4.69) is 15.2 Å². The molecule has 0 spiro atoms. The Balaban J connectivity index is 0.00000253. The second-order valence-corrected chi connectivity index (χ2v) is 8.61. The molecule has 2 N–H and O–H groups in total. The molecule has 4 heterocycles. The van der Waals surface area contributed by atoms with Crippen LogP contribution < -0.4 is 15.4 Å². The third-order valence-corrected chi connectivity index (χ3v) is 6.76. The number of benzene rings is 2. The van der Waals surface area contributed by atoms with Gasteiger partial charge in [0.1, 0.15) is 17.1 Å². The molecule has 1 saturated heterocycles. The molecule has 2 aliphatic rings. The summed E-state index contributed by atoms with van der Waals surface area (Å²) in [7, 11) is 1.58. The highest BCUT2D eigenvalue weighted by Crippen LogP contribution is 2.41. The number of nitrogens with one attached hydrogen (secondary N) is 2. The molecular weight excluding hydrogens is 473 g/mol. The zero-order valence-electron chi connectivity index (χ0n) is 18.9. The molecule has 4 aromatic rings. The zero-order valence-corrected chi connectivity index (χ0v) is 19.7. The maximum Gasteiger partial charge on any atom is 0.259 e. The second-order valence-electron chi connectivity index (χ2n) is 8.61. The number of nitrogens with zero attached hydrogens (tertiary/aromatic N) is 1. The predicted octanol–water partition coefficient (Wildman–Crippen LogP) is 4.45. The van der Waals surface area contributed by atoms with Crippen molar-refractivity contribution < 1.29 is 23.1 Å². The third-order valence-electron chi connectivity index (χ3n) is 6.76. The third kappa shape index (κ3) is 3.61. The van der Waals surface area contributed by atoms with Crippen molar-refractivity contribution in [3.8, 4) is 5.75 Å². The van der Waals surface area contributed by atoms with Crippen molar-refractivity contribution in [3.63, 3.8) is 0 Å². The lowest BCUT2D eigenvalue weighted by Gasteiger charge is -2.25. The van der Waals surface area contributed by atoms with Gasteiger partial charge in [0.05, 0.1) is 30.1 Å². The molecule has 1 fully saturated rings. The van der Waals surface area contributed by atoms with Gasteiger partial charge in [0.2, 0.25) is 0 Å². The molecule has 2 aromatic carbocycles. The summed E-state index contributed by atoms with van der Waals surface area (Å²) in [6.45, 7) is 1.79. The number of furan rings is 1. The van der Waals surface area contributed by atoms with Gasteiger partial charge < -0.3 is 19.0 Å². The van der Waals surface area contributed by atoms with Crippen molar-refractivity contribution in [3.05, 3.63) is 65.8 Å². The number of piperidine rings is 1. The van der Waals surface area contributed by atoms with Gasteiger partial charge in [-0.2, -0.15) is 0 Å². The van der Waals surface area contributed by atoms with Crippen LogP contribution >= 0.6 is 12.4 Å². The number of hydrogen-bond acceptors (Lipinski definition) is 5. The van der Waals surface area contributed by atoms with Gasteiger partial charge in [0.15, 0.2) is 0 Å². The van der Waals surface area contributed by atoms with Crippen LogP contribution in [0, 0.1) is 5.82 Å². The Morgan fingerprint density at radius 2 is 1.83 bits per heavy atom. The van der Waals surface area contributed by atoms with E-state index in [1.54, 1.807) is 19.2 Å². The summed E-state index contributed by atoms with van der Waals surface area (Å²) in [6, 6.07) is 10.5. The summed E-state index contributed by atoms with van der Waals surface area (Å²) in [4.78, 5) is 26.2. The van der Waals surface area contributed by atoms with Gasteiger partial charge in [0.25, 0.3) is 11.8 Å². The van der Waals surface area contributed by atoms with E-state index in [0.29, 0.717) is 16.7 Å². The van der Waals surface area contributed by atoms with Crippen LogP contribution in [0.25, 0.3) is 33.0 Å². The maximum absolute atomic E-state index is 15.1. The molecule has 0 aliphatic carbocycles. The topological polar surface area (TPSA) is 85.5 Å². The number of carbonyl (C=O) groups excluding carboxylic acids is 2. The first-order valence-electron chi connectivity index (χ1n) is 11.2. The summed E-state index contributed by atoms with van der Waals surface area (Å²) in [5, 5.41) is 7.15. The molecule has 2 aromatic heterocycles. The van der Waals surface area contributed by atoms with Crippen LogP contribution in [-0.2, 0) is 9.59 Å². The van der Waals surface area contributed by atoms with E-state index < -0.39 is 17.6 Å². The number of carbonyl (C=O) groups is 2. The Morgan fingerprint density at radius 1 is 1.06 bits per heavy atom. The molecule has 0 bridgehead atoms. The molecule has 2 amide bonds. The minimum Gasteiger partial charge on any atom is -0.497 e. The number of halogens is 2.